The molecule has 1 amide bonds. The summed E-state index contributed by atoms with van der Waals surface area (Å²) >= 11 is 0. The summed E-state index contributed by atoms with van der Waals surface area (Å²) in [5, 5.41) is 12.4. The topological polar surface area (TPSA) is 91.4 Å². The Morgan fingerprint density at radius 1 is 1.40 bits per heavy atom. The number of H-pyrrole nitrogens is 1. The first-order valence-corrected chi connectivity index (χ1v) is 6.22. The second-order valence-corrected chi connectivity index (χ2v) is 4.42. The number of aliphatic carboxylic acids is 1. The summed E-state index contributed by atoms with van der Waals surface area (Å²) in [6.45, 7) is 0.268. The van der Waals surface area contributed by atoms with Crippen molar-refractivity contribution in [1.29, 1.82) is 0 Å². The highest BCUT2D eigenvalue weighted by Crippen LogP contribution is 2.14. The van der Waals surface area contributed by atoms with Crippen LogP contribution in [0.3, 0.4) is 0 Å². The Labute approximate surface area is 115 Å². The first-order valence-electron chi connectivity index (χ1n) is 6.22. The highest BCUT2D eigenvalue weighted by molar-refractivity contribution is 5.99. The summed E-state index contributed by atoms with van der Waals surface area (Å²) in [5.41, 5.74) is 1.18. The summed E-state index contributed by atoms with van der Waals surface area (Å²) in [5.74, 6) is -1.52. The van der Waals surface area contributed by atoms with E-state index >= 15 is 0 Å². The van der Waals surface area contributed by atoms with Gasteiger partial charge < -0.3 is 20.1 Å². The van der Waals surface area contributed by atoms with E-state index in [0.717, 1.165) is 10.9 Å². The Morgan fingerprint density at radius 3 is 2.80 bits per heavy atom. The number of rotatable bonds is 6. The van der Waals surface area contributed by atoms with Crippen LogP contribution in [0.2, 0.25) is 0 Å². The summed E-state index contributed by atoms with van der Waals surface area (Å²) in [7, 11) is 1.48. The van der Waals surface area contributed by atoms with E-state index in [1.165, 1.54) is 7.11 Å². The summed E-state index contributed by atoms with van der Waals surface area (Å²) in [6, 6.07) is 8.19. The fourth-order valence-corrected chi connectivity index (χ4v) is 1.92. The van der Waals surface area contributed by atoms with Crippen LogP contribution in [0, 0.1) is 0 Å². The van der Waals surface area contributed by atoms with Gasteiger partial charge in [-0.05, 0) is 12.1 Å². The number of nitrogens with one attached hydrogen (secondary N) is 2. The molecule has 6 heteroatoms. The van der Waals surface area contributed by atoms with Crippen LogP contribution in [-0.2, 0) is 9.53 Å². The van der Waals surface area contributed by atoms with Gasteiger partial charge in [0.2, 0.25) is 0 Å². The van der Waals surface area contributed by atoms with Gasteiger partial charge in [0.25, 0.3) is 5.91 Å². The van der Waals surface area contributed by atoms with E-state index in [0.29, 0.717) is 5.69 Å². The number of ether oxygens (including phenoxy) is 1. The predicted octanol–water partition coefficient (Wildman–Crippen LogP) is 1.39. The Hall–Kier alpha value is -2.34. The molecule has 1 aromatic carbocycles. The number of amides is 1. The quantitative estimate of drug-likeness (QED) is 0.743. The minimum absolute atomic E-state index is 0.220. The molecule has 0 bridgehead atoms. The number of carbonyl (C=O) groups is 2. The van der Waals surface area contributed by atoms with Gasteiger partial charge in [-0.3, -0.25) is 4.79 Å². The maximum atomic E-state index is 12.0. The number of hydrogen-bond acceptors (Lipinski definition) is 3. The predicted molar refractivity (Wildman–Crippen MR) is 73.7 cm³/mol. The number of carbonyl (C=O) groups excluding carboxylic acids is 1. The van der Waals surface area contributed by atoms with Crippen molar-refractivity contribution < 1.29 is 19.4 Å². The molecule has 1 heterocycles. The highest BCUT2D eigenvalue weighted by atomic mass is 16.5. The number of methoxy groups -OCH3 is 1. The molecule has 20 heavy (non-hydrogen) atoms. The SMILES string of the molecule is COCCC(NC(=O)c1cc2ccccc2[nH]1)C(=O)O. The first-order chi connectivity index (χ1) is 9.61. The summed E-state index contributed by atoms with van der Waals surface area (Å²) in [6.07, 6.45) is 0.220. The van der Waals surface area contributed by atoms with Crippen LogP contribution in [0.5, 0.6) is 0 Å². The summed E-state index contributed by atoms with van der Waals surface area (Å²) in [4.78, 5) is 26.1. The molecule has 2 aromatic rings. The molecule has 2 rings (SSSR count). The minimum atomic E-state index is -1.08. The van der Waals surface area contributed by atoms with Crippen molar-refractivity contribution in [2.75, 3.05) is 13.7 Å². The van der Waals surface area contributed by atoms with Crippen LogP contribution in [0.25, 0.3) is 10.9 Å². The Morgan fingerprint density at radius 2 is 2.15 bits per heavy atom. The smallest absolute Gasteiger partial charge is 0.326 e. The van der Waals surface area contributed by atoms with Crippen molar-refractivity contribution >= 4 is 22.8 Å². The number of fused-ring (bicyclic) bond motifs is 1. The molecule has 0 fully saturated rings. The number of aromatic amines is 1. The third-order valence-electron chi connectivity index (χ3n) is 2.99. The lowest BCUT2D eigenvalue weighted by atomic mass is 10.2. The number of benzene rings is 1. The lowest BCUT2D eigenvalue weighted by molar-refractivity contribution is -0.139. The molecule has 3 N–H and O–H groups in total. The van der Waals surface area contributed by atoms with E-state index in [4.69, 9.17) is 9.84 Å². The van der Waals surface area contributed by atoms with Crippen LogP contribution in [0.4, 0.5) is 0 Å². The molecule has 1 aromatic heterocycles. The minimum Gasteiger partial charge on any atom is -0.480 e. The molecule has 0 radical (unpaired) electrons. The Bertz CT molecular complexity index is 587. The molecule has 0 spiro atoms. The lowest BCUT2D eigenvalue weighted by Crippen LogP contribution is -2.41. The molecule has 1 unspecified atom stereocenters. The number of aromatic nitrogens is 1. The average molecular weight is 276 g/mol. The molecule has 0 aliphatic carbocycles. The zero-order valence-electron chi connectivity index (χ0n) is 11.1. The van der Waals surface area contributed by atoms with E-state index < -0.39 is 17.9 Å². The van der Waals surface area contributed by atoms with Crippen LogP contribution in [0.15, 0.2) is 30.3 Å². The number of carboxylic acid groups (broad SMARTS) is 1. The van der Waals surface area contributed by atoms with Crippen LogP contribution in [0.1, 0.15) is 16.9 Å². The second-order valence-electron chi connectivity index (χ2n) is 4.42. The van der Waals surface area contributed by atoms with Crippen molar-refractivity contribution in [3.8, 4) is 0 Å². The van der Waals surface area contributed by atoms with Crippen LogP contribution >= 0.6 is 0 Å². The maximum Gasteiger partial charge on any atom is 0.326 e. The third-order valence-corrected chi connectivity index (χ3v) is 2.99. The molecular formula is C14H16N2O4. The van der Waals surface area contributed by atoms with E-state index in [-0.39, 0.29) is 13.0 Å². The molecular weight excluding hydrogens is 260 g/mol. The van der Waals surface area contributed by atoms with Gasteiger partial charge in [-0.2, -0.15) is 0 Å². The van der Waals surface area contributed by atoms with E-state index in [1.54, 1.807) is 6.07 Å². The molecule has 6 nitrogen and oxygen atoms in total. The Kier molecular flexibility index (Phi) is 4.37. The van der Waals surface area contributed by atoms with Crippen LogP contribution in [-0.4, -0.2) is 41.7 Å². The summed E-state index contributed by atoms with van der Waals surface area (Å²) < 4.78 is 4.84. The third kappa shape index (κ3) is 3.16. The fourth-order valence-electron chi connectivity index (χ4n) is 1.92. The van der Waals surface area contributed by atoms with Gasteiger partial charge >= 0.3 is 5.97 Å². The van der Waals surface area contributed by atoms with Gasteiger partial charge in [0.1, 0.15) is 11.7 Å². The van der Waals surface area contributed by atoms with Crippen molar-refractivity contribution in [2.24, 2.45) is 0 Å². The number of para-hydroxylation sites is 1. The fraction of sp³-hybridized carbons (Fsp3) is 0.286. The molecule has 1 atom stereocenters. The molecule has 0 aliphatic heterocycles. The number of hydrogen-bond donors (Lipinski definition) is 3. The van der Waals surface area contributed by atoms with Gasteiger partial charge in [0.05, 0.1) is 0 Å². The molecule has 106 valence electrons. The molecule has 0 saturated carbocycles. The van der Waals surface area contributed by atoms with Gasteiger partial charge in [-0.15, -0.1) is 0 Å². The van der Waals surface area contributed by atoms with Crippen molar-refractivity contribution in [1.82, 2.24) is 10.3 Å². The van der Waals surface area contributed by atoms with Crippen molar-refractivity contribution in [3.05, 3.63) is 36.0 Å². The standard InChI is InChI=1S/C14H16N2O4/c1-20-7-6-11(14(18)19)16-13(17)12-8-9-4-2-3-5-10(9)15-12/h2-5,8,11,15H,6-7H2,1H3,(H,16,17)(H,18,19). The zero-order chi connectivity index (χ0) is 14.5. The maximum absolute atomic E-state index is 12.0. The average Bonchev–Trinajstić information content (AvgIpc) is 2.86. The molecule has 0 aliphatic rings. The van der Waals surface area contributed by atoms with Crippen LogP contribution < -0.4 is 5.32 Å². The van der Waals surface area contributed by atoms with Crippen molar-refractivity contribution in [3.63, 3.8) is 0 Å². The molecule has 0 saturated heterocycles. The largest absolute Gasteiger partial charge is 0.480 e. The first kappa shape index (κ1) is 14.1. The Balaban J connectivity index is 2.11. The van der Waals surface area contributed by atoms with Crippen molar-refractivity contribution in [2.45, 2.75) is 12.5 Å². The lowest BCUT2D eigenvalue weighted by Gasteiger charge is -2.13. The number of carboxylic acids is 1. The zero-order valence-corrected chi connectivity index (χ0v) is 11.1. The van der Waals surface area contributed by atoms with Gasteiger partial charge in [0.15, 0.2) is 0 Å². The highest BCUT2D eigenvalue weighted by Gasteiger charge is 2.21. The van der Waals surface area contributed by atoms with Gasteiger partial charge in [-0.25, -0.2) is 4.79 Å². The van der Waals surface area contributed by atoms with E-state index in [2.05, 4.69) is 10.3 Å². The van der Waals surface area contributed by atoms with E-state index in [9.17, 15) is 9.59 Å². The van der Waals surface area contributed by atoms with Gasteiger partial charge in [0, 0.05) is 31.0 Å². The monoisotopic (exact) mass is 276 g/mol. The second kappa shape index (κ2) is 6.21. The normalized spacial score (nSPS) is 12.2. The van der Waals surface area contributed by atoms with Gasteiger partial charge in [-0.1, -0.05) is 18.2 Å². The van der Waals surface area contributed by atoms with E-state index in [1.807, 2.05) is 24.3 Å².